The molecule has 3 rings (SSSR count). The topological polar surface area (TPSA) is 72.8 Å². The number of carbonyl (C=O) groups is 2. The van der Waals surface area contributed by atoms with Crippen LogP contribution in [0.4, 0.5) is 0 Å². The van der Waals surface area contributed by atoms with Gasteiger partial charge in [-0.05, 0) is 56.7 Å². The Hall–Kier alpha value is -3.02. The van der Waals surface area contributed by atoms with Gasteiger partial charge in [-0.1, -0.05) is 53.5 Å². The molecule has 0 atom stereocenters. The lowest BCUT2D eigenvalue weighted by Crippen LogP contribution is -2.24. The van der Waals surface area contributed by atoms with Crippen LogP contribution in [0.25, 0.3) is 0 Å². The summed E-state index contributed by atoms with van der Waals surface area (Å²) >= 11 is 12.0. The summed E-state index contributed by atoms with van der Waals surface area (Å²) in [6.07, 6.45) is 0. The van der Waals surface area contributed by atoms with Crippen molar-refractivity contribution in [2.24, 2.45) is 0 Å². The number of phenolic OH excluding ortho intramolecular Hbond substituents is 1. The number of carbonyl (C=O) groups excluding carboxylic acids is 2. The maximum atomic E-state index is 13.1. The average Bonchev–Trinajstić information content (AvgIpc) is 2.73. The van der Waals surface area contributed by atoms with Crippen LogP contribution in [-0.2, 0) is 11.3 Å². The summed E-state index contributed by atoms with van der Waals surface area (Å²) in [7, 11) is 0. The van der Waals surface area contributed by atoms with E-state index in [4.69, 9.17) is 32.7 Å². The quantitative estimate of drug-likeness (QED) is 0.328. The maximum Gasteiger partial charge on any atom is 0.342 e. The molecule has 7 heteroatoms. The minimum atomic E-state index is -0.703. The molecule has 0 aliphatic carbocycles. The molecule has 0 unspecified atom stereocenters. The van der Waals surface area contributed by atoms with Gasteiger partial charge < -0.3 is 14.6 Å². The zero-order valence-corrected chi connectivity index (χ0v) is 19.3. The molecule has 0 heterocycles. The van der Waals surface area contributed by atoms with Gasteiger partial charge in [0.2, 0.25) is 0 Å². The summed E-state index contributed by atoms with van der Waals surface area (Å²) in [5.74, 6) is -1.29. The highest BCUT2D eigenvalue weighted by Crippen LogP contribution is 2.34. The van der Waals surface area contributed by atoms with Gasteiger partial charge in [-0.3, -0.25) is 4.79 Å². The SMILES string of the molecule is CC(C)(C)OC(=O)c1ccc(C(=O)c2cc(Cl)cc(Cl)c2O)cc1OCc1ccccc1. The minimum absolute atomic E-state index is 0.0354. The Morgan fingerprint density at radius 2 is 1.62 bits per heavy atom. The normalized spacial score (nSPS) is 11.2. The molecule has 0 radical (unpaired) electrons. The molecule has 3 aromatic rings. The molecule has 0 bridgehead atoms. The molecule has 0 saturated heterocycles. The third-order valence-electron chi connectivity index (χ3n) is 4.37. The predicted octanol–water partition coefficient (Wildman–Crippen LogP) is 6.46. The van der Waals surface area contributed by atoms with Gasteiger partial charge in [0.15, 0.2) is 5.78 Å². The summed E-state index contributed by atoms with van der Waals surface area (Å²) in [6, 6.07) is 16.4. The summed E-state index contributed by atoms with van der Waals surface area (Å²) in [6.45, 7) is 5.47. The Morgan fingerprint density at radius 3 is 2.28 bits per heavy atom. The zero-order chi connectivity index (χ0) is 23.5. The molecule has 3 aromatic carbocycles. The molecule has 0 aromatic heterocycles. The van der Waals surface area contributed by atoms with Gasteiger partial charge in [-0.25, -0.2) is 4.79 Å². The number of hydrogen-bond acceptors (Lipinski definition) is 5. The van der Waals surface area contributed by atoms with E-state index in [2.05, 4.69) is 0 Å². The third-order valence-corrected chi connectivity index (χ3v) is 4.88. The predicted molar refractivity (Wildman–Crippen MR) is 124 cm³/mol. The van der Waals surface area contributed by atoms with Gasteiger partial charge in [-0.2, -0.15) is 0 Å². The van der Waals surface area contributed by atoms with Gasteiger partial charge in [0.25, 0.3) is 0 Å². The number of phenols is 1. The molecule has 0 aliphatic rings. The Bertz CT molecular complexity index is 1150. The first-order valence-corrected chi connectivity index (χ1v) is 10.6. The van der Waals surface area contributed by atoms with Crippen LogP contribution in [0.3, 0.4) is 0 Å². The third kappa shape index (κ3) is 5.81. The highest BCUT2D eigenvalue weighted by molar-refractivity contribution is 6.36. The second-order valence-electron chi connectivity index (χ2n) is 8.10. The minimum Gasteiger partial charge on any atom is -0.506 e. The van der Waals surface area contributed by atoms with E-state index >= 15 is 0 Å². The first kappa shape index (κ1) is 23.6. The number of ketones is 1. The van der Waals surface area contributed by atoms with Gasteiger partial charge in [0, 0.05) is 10.6 Å². The van der Waals surface area contributed by atoms with Crippen molar-refractivity contribution < 1.29 is 24.2 Å². The average molecular weight is 473 g/mol. The number of hydrogen-bond donors (Lipinski definition) is 1. The van der Waals surface area contributed by atoms with E-state index in [9.17, 15) is 14.7 Å². The molecule has 5 nitrogen and oxygen atoms in total. The lowest BCUT2D eigenvalue weighted by molar-refractivity contribution is 0.00652. The molecule has 0 aliphatic heterocycles. The number of benzene rings is 3. The van der Waals surface area contributed by atoms with Gasteiger partial charge in [-0.15, -0.1) is 0 Å². The summed E-state index contributed by atoms with van der Waals surface area (Å²) in [5, 5.41) is 10.4. The monoisotopic (exact) mass is 472 g/mol. The van der Waals surface area contributed by atoms with Crippen molar-refractivity contribution in [3.63, 3.8) is 0 Å². The molecule has 0 amide bonds. The van der Waals surface area contributed by atoms with Gasteiger partial charge in [0.1, 0.15) is 29.3 Å². The largest absolute Gasteiger partial charge is 0.506 e. The van der Waals surface area contributed by atoms with Crippen LogP contribution in [0, 0.1) is 0 Å². The molecule has 166 valence electrons. The standard InChI is InChI=1S/C25H22Cl2O5/c1-25(2,3)32-24(30)18-10-9-16(11-21(18)31-14-15-7-5-4-6-8-15)22(28)19-12-17(26)13-20(27)23(19)29/h4-13,29H,14H2,1-3H3. The second kappa shape index (κ2) is 9.63. The molecule has 1 N–H and O–H groups in total. The fourth-order valence-electron chi connectivity index (χ4n) is 2.91. The Morgan fingerprint density at radius 1 is 0.938 bits per heavy atom. The molecule has 0 fully saturated rings. The van der Waals surface area contributed by atoms with E-state index < -0.39 is 17.4 Å². The van der Waals surface area contributed by atoms with Crippen molar-refractivity contribution in [2.75, 3.05) is 0 Å². The van der Waals surface area contributed by atoms with E-state index in [0.717, 1.165) is 5.56 Å². The number of rotatable bonds is 6. The fraction of sp³-hybridized carbons (Fsp3) is 0.200. The molecular formula is C25H22Cl2O5. The Balaban J connectivity index is 2.00. The zero-order valence-electron chi connectivity index (χ0n) is 17.8. The van der Waals surface area contributed by atoms with Crippen LogP contribution in [0.2, 0.25) is 10.0 Å². The van der Waals surface area contributed by atoms with Crippen LogP contribution < -0.4 is 4.74 Å². The van der Waals surface area contributed by atoms with Crippen molar-refractivity contribution >= 4 is 35.0 Å². The first-order chi connectivity index (χ1) is 15.0. The molecular weight excluding hydrogens is 451 g/mol. The molecule has 0 saturated carbocycles. The number of aromatic hydroxyl groups is 1. The van der Waals surface area contributed by atoms with E-state index in [1.54, 1.807) is 20.8 Å². The van der Waals surface area contributed by atoms with E-state index in [1.807, 2.05) is 30.3 Å². The lowest BCUT2D eigenvalue weighted by Gasteiger charge is -2.21. The lowest BCUT2D eigenvalue weighted by atomic mass is 10.0. The van der Waals surface area contributed by atoms with Crippen molar-refractivity contribution in [3.8, 4) is 11.5 Å². The fourth-order valence-corrected chi connectivity index (χ4v) is 3.41. The number of ether oxygens (including phenoxy) is 2. The van der Waals surface area contributed by atoms with Gasteiger partial charge >= 0.3 is 5.97 Å². The van der Waals surface area contributed by atoms with Crippen LogP contribution >= 0.6 is 23.2 Å². The molecule has 32 heavy (non-hydrogen) atoms. The summed E-state index contributed by atoms with van der Waals surface area (Å²) in [5.41, 5.74) is 0.501. The van der Waals surface area contributed by atoms with Crippen molar-refractivity contribution in [1.82, 2.24) is 0 Å². The summed E-state index contributed by atoms with van der Waals surface area (Å²) in [4.78, 5) is 25.8. The van der Waals surface area contributed by atoms with Crippen LogP contribution in [-0.4, -0.2) is 22.5 Å². The van der Waals surface area contributed by atoms with Crippen molar-refractivity contribution in [3.05, 3.63) is 93.0 Å². The maximum absolute atomic E-state index is 13.1. The second-order valence-corrected chi connectivity index (χ2v) is 8.94. The highest BCUT2D eigenvalue weighted by Gasteiger charge is 2.24. The highest BCUT2D eigenvalue weighted by atomic mass is 35.5. The van der Waals surface area contributed by atoms with Crippen LogP contribution in [0.15, 0.2) is 60.7 Å². The van der Waals surface area contributed by atoms with Crippen molar-refractivity contribution in [2.45, 2.75) is 33.0 Å². The van der Waals surface area contributed by atoms with Crippen LogP contribution in [0.5, 0.6) is 11.5 Å². The smallest absolute Gasteiger partial charge is 0.342 e. The summed E-state index contributed by atoms with van der Waals surface area (Å²) < 4.78 is 11.4. The number of halogens is 2. The van der Waals surface area contributed by atoms with E-state index in [1.165, 1.54) is 30.3 Å². The number of esters is 1. The Labute approximate surface area is 196 Å². The Kier molecular flexibility index (Phi) is 7.12. The van der Waals surface area contributed by atoms with Crippen molar-refractivity contribution in [1.29, 1.82) is 0 Å². The van der Waals surface area contributed by atoms with E-state index in [0.29, 0.717) is 0 Å². The first-order valence-electron chi connectivity index (χ1n) is 9.82. The van der Waals surface area contributed by atoms with Gasteiger partial charge in [0.05, 0.1) is 10.6 Å². The van der Waals surface area contributed by atoms with Crippen LogP contribution in [0.1, 0.15) is 52.6 Å². The van der Waals surface area contributed by atoms with E-state index in [-0.39, 0.29) is 44.8 Å². The molecule has 0 spiro atoms.